The Morgan fingerprint density at radius 3 is 1.93 bits per heavy atom. The number of nitrogens with zero attached hydrogens (tertiary/aromatic N) is 1. The van der Waals surface area contributed by atoms with E-state index in [1.807, 2.05) is 79.7 Å². The van der Waals surface area contributed by atoms with Crippen LogP contribution in [0, 0.1) is 6.92 Å². The van der Waals surface area contributed by atoms with Crippen molar-refractivity contribution in [1.29, 1.82) is 0 Å². The van der Waals surface area contributed by atoms with Crippen LogP contribution in [0.15, 0.2) is 102 Å². The van der Waals surface area contributed by atoms with Crippen molar-refractivity contribution in [1.82, 2.24) is 4.31 Å². The van der Waals surface area contributed by atoms with Crippen molar-refractivity contribution >= 4 is 10.0 Å². The zero-order valence-corrected chi connectivity index (χ0v) is 16.8. The highest BCUT2D eigenvalue weighted by atomic mass is 32.2. The first-order valence-electron chi connectivity index (χ1n) is 9.35. The Hall–Kier alpha value is -2.69. The first kappa shape index (κ1) is 20.1. The largest absolute Gasteiger partial charge is 0.243 e. The zero-order chi connectivity index (χ0) is 19.8. The molecule has 0 saturated carbocycles. The summed E-state index contributed by atoms with van der Waals surface area (Å²) < 4.78 is 27.9. The fourth-order valence-corrected chi connectivity index (χ4v) is 4.30. The molecule has 3 aromatic rings. The lowest BCUT2D eigenvalue weighted by molar-refractivity contribution is 0.438. The second-order valence-corrected chi connectivity index (χ2v) is 8.70. The van der Waals surface area contributed by atoms with Crippen molar-refractivity contribution in [2.75, 3.05) is 6.54 Å². The quantitative estimate of drug-likeness (QED) is 0.508. The van der Waals surface area contributed by atoms with Gasteiger partial charge in [0.15, 0.2) is 0 Å². The molecular formula is C24H25NO2S. The Morgan fingerprint density at radius 2 is 1.32 bits per heavy atom. The third-order valence-electron chi connectivity index (χ3n) is 4.53. The fraction of sp³-hybridized carbons (Fsp3) is 0.167. The summed E-state index contributed by atoms with van der Waals surface area (Å²) in [5, 5.41) is 0. The lowest BCUT2D eigenvalue weighted by atomic mass is 10.1. The fourth-order valence-electron chi connectivity index (χ4n) is 2.92. The van der Waals surface area contributed by atoms with Crippen LogP contribution in [0.2, 0.25) is 0 Å². The maximum atomic E-state index is 13.2. The SMILES string of the molecule is Cc1ccc(S(=O)(=O)N(C/C=C/Cc2ccccc2)Cc2ccccc2)cc1. The van der Waals surface area contributed by atoms with Gasteiger partial charge in [0.05, 0.1) is 4.90 Å². The molecule has 3 rings (SSSR count). The van der Waals surface area contributed by atoms with Gasteiger partial charge in [0.1, 0.15) is 0 Å². The number of benzene rings is 3. The summed E-state index contributed by atoms with van der Waals surface area (Å²) >= 11 is 0. The minimum absolute atomic E-state index is 0.325. The van der Waals surface area contributed by atoms with Crippen LogP contribution in [-0.4, -0.2) is 19.3 Å². The molecule has 0 aliphatic carbocycles. The van der Waals surface area contributed by atoms with Gasteiger partial charge in [0, 0.05) is 13.1 Å². The zero-order valence-electron chi connectivity index (χ0n) is 16.0. The molecule has 0 unspecified atom stereocenters. The van der Waals surface area contributed by atoms with Crippen LogP contribution in [-0.2, 0) is 23.0 Å². The first-order valence-corrected chi connectivity index (χ1v) is 10.8. The van der Waals surface area contributed by atoms with E-state index in [9.17, 15) is 8.42 Å². The Balaban J connectivity index is 1.79. The number of hydrogen-bond donors (Lipinski definition) is 0. The molecule has 0 spiro atoms. The molecular weight excluding hydrogens is 366 g/mol. The minimum atomic E-state index is -3.58. The van der Waals surface area contributed by atoms with Crippen molar-refractivity contribution in [3.8, 4) is 0 Å². The van der Waals surface area contributed by atoms with Crippen LogP contribution in [0.5, 0.6) is 0 Å². The predicted octanol–water partition coefficient (Wildman–Crippen LogP) is 4.98. The van der Waals surface area contributed by atoms with Gasteiger partial charge in [-0.3, -0.25) is 0 Å². The van der Waals surface area contributed by atoms with Crippen LogP contribution in [0.4, 0.5) is 0 Å². The lowest BCUT2D eigenvalue weighted by Gasteiger charge is -2.21. The molecule has 0 saturated heterocycles. The van der Waals surface area contributed by atoms with Gasteiger partial charge in [-0.2, -0.15) is 4.31 Å². The molecule has 0 N–H and O–H groups in total. The molecule has 0 atom stereocenters. The summed E-state index contributed by atoms with van der Waals surface area (Å²) in [6, 6.07) is 26.8. The highest BCUT2D eigenvalue weighted by Gasteiger charge is 2.23. The molecule has 0 aliphatic rings. The van der Waals surface area contributed by atoms with Crippen LogP contribution in [0.1, 0.15) is 16.7 Å². The molecule has 28 heavy (non-hydrogen) atoms. The van der Waals surface area contributed by atoms with Gasteiger partial charge in [-0.15, -0.1) is 0 Å². The topological polar surface area (TPSA) is 37.4 Å². The van der Waals surface area contributed by atoms with Gasteiger partial charge >= 0.3 is 0 Å². The third-order valence-corrected chi connectivity index (χ3v) is 6.36. The Morgan fingerprint density at radius 1 is 0.750 bits per heavy atom. The summed E-state index contributed by atoms with van der Waals surface area (Å²) in [7, 11) is -3.58. The van der Waals surface area contributed by atoms with Crippen LogP contribution >= 0.6 is 0 Å². The van der Waals surface area contributed by atoms with E-state index in [1.54, 1.807) is 12.1 Å². The van der Waals surface area contributed by atoms with E-state index in [2.05, 4.69) is 12.1 Å². The Kier molecular flexibility index (Phi) is 6.80. The normalized spacial score (nSPS) is 11.9. The van der Waals surface area contributed by atoms with E-state index >= 15 is 0 Å². The van der Waals surface area contributed by atoms with E-state index in [4.69, 9.17) is 0 Å². The Labute approximate surface area is 168 Å². The lowest BCUT2D eigenvalue weighted by Crippen LogP contribution is -2.31. The van der Waals surface area contributed by atoms with Gasteiger partial charge in [0.2, 0.25) is 10.0 Å². The van der Waals surface area contributed by atoms with Gasteiger partial charge in [0.25, 0.3) is 0 Å². The van der Waals surface area contributed by atoms with Crippen LogP contribution < -0.4 is 0 Å². The van der Waals surface area contributed by atoms with Crippen molar-refractivity contribution < 1.29 is 8.42 Å². The van der Waals surface area contributed by atoms with E-state index in [1.165, 1.54) is 9.87 Å². The average molecular weight is 392 g/mol. The van der Waals surface area contributed by atoms with Gasteiger partial charge in [-0.25, -0.2) is 8.42 Å². The standard InChI is InChI=1S/C24H25NO2S/c1-21-15-17-24(18-16-21)28(26,27)25(20-23-13-6-3-7-14-23)19-9-8-12-22-10-4-2-5-11-22/h2-11,13-18H,12,19-20H2,1H3/b9-8+. The van der Waals surface area contributed by atoms with E-state index in [-0.39, 0.29) is 0 Å². The van der Waals surface area contributed by atoms with Gasteiger partial charge in [-0.05, 0) is 36.6 Å². The second kappa shape index (κ2) is 9.49. The maximum absolute atomic E-state index is 13.2. The molecule has 0 aliphatic heterocycles. The number of aryl methyl sites for hydroxylation is 1. The van der Waals surface area contributed by atoms with E-state index in [0.29, 0.717) is 18.0 Å². The van der Waals surface area contributed by atoms with Gasteiger partial charge in [-0.1, -0.05) is 90.5 Å². The van der Waals surface area contributed by atoms with Crippen molar-refractivity contribution in [3.05, 3.63) is 114 Å². The number of sulfonamides is 1. The van der Waals surface area contributed by atoms with Gasteiger partial charge < -0.3 is 0 Å². The summed E-state index contributed by atoms with van der Waals surface area (Å²) in [5.74, 6) is 0. The Bertz CT molecular complexity index is 995. The highest BCUT2D eigenvalue weighted by molar-refractivity contribution is 7.89. The number of hydrogen-bond acceptors (Lipinski definition) is 2. The molecule has 3 aromatic carbocycles. The summed E-state index contributed by atoms with van der Waals surface area (Å²) in [6.07, 6.45) is 4.74. The molecule has 0 aromatic heterocycles. The highest BCUT2D eigenvalue weighted by Crippen LogP contribution is 2.19. The smallest absolute Gasteiger partial charge is 0.207 e. The number of rotatable bonds is 8. The monoisotopic (exact) mass is 391 g/mol. The third kappa shape index (κ3) is 5.41. The average Bonchev–Trinajstić information content (AvgIpc) is 2.72. The molecule has 0 bridgehead atoms. The second-order valence-electron chi connectivity index (χ2n) is 6.76. The summed E-state index contributed by atoms with van der Waals surface area (Å²) in [6.45, 7) is 2.62. The molecule has 0 fully saturated rings. The summed E-state index contributed by atoms with van der Waals surface area (Å²) in [4.78, 5) is 0.325. The molecule has 4 heteroatoms. The van der Waals surface area contributed by atoms with E-state index < -0.39 is 10.0 Å². The molecule has 3 nitrogen and oxygen atoms in total. The molecule has 144 valence electrons. The molecule has 0 amide bonds. The molecule has 0 heterocycles. The van der Waals surface area contributed by atoms with Crippen molar-refractivity contribution in [3.63, 3.8) is 0 Å². The van der Waals surface area contributed by atoms with E-state index in [0.717, 1.165) is 17.5 Å². The maximum Gasteiger partial charge on any atom is 0.243 e. The summed E-state index contributed by atoms with van der Waals surface area (Å²) in [5.41, 5.74) is 3.21. The van der Waals surface area contributed by atoms with Crippen molar-refractivity contribution in [2.24, 2.45) is 0 Å². The molecule has 0 radical (unpaired) electrons. The number of allylic oxidation sites excluding steroid dienone is 1. The predicted molar refractivity (Wildman–Crippen MR) is 115 cm³/mol. The first-order chi connectivity index (χ1) is 13.6. The van der Waals surface area contributed by atoms with Crippen LogP contribution in [0.25, 0.3) is 0 Å². The minimum Gasteiger partial charge on any atom is -0.207 e. The van der Waals surface area contributed by atoms with Crippen molar-refractivity contribution in [2.45, 2.75) is 24.8 Å². The van der Waals surface area contributed by atoms with Crippen LogP contribution in [0.3, 0.4) is 0 Å².